The van der Waals surface area contributed by atoms with E-state index in [0.29, 0.717) is 6.04 Å². The number of thioether (sulfide) groups is 1. The first-order chi connectivity index (χ1) is 16.6. The van der Waals surface area contributed by atoms with Gasteiger partial charge in [-0.3, -0.25) is 4.90 Å². The van der Waals surface area contributed by atoms with E-state index in [0.717, 1.165) is 62.3 Å². The second-order valence-electron chi connectivity index (χ2n) is 9.49. The van der Waals surface area contributed by atoms with Crippen LogP contribution in [0.2, 0.25) is 5.02 Å². The second kappa shape index (κ2) is 9.50. The number of hydrogen-bond acceptors (Lipinski definition) is 5. The Morgan fingerprint density at radius 1 is 1.03 bits per heavy atom. The maximum atomic E-state index is 13.5. The monoisotopic (exact) mass is 494 g/mol. The molecule has 176 valence electrons. The Balaban J connectivity index is 1.09. The lowest BCUT2D eigenvalue weighted by Crippen LogP contribution is -2.47. The molecular formula is C27H28ClFN4S. The number of nitrogens with zero attached hydrogens (tertiary/aromatic N) is 4. The normalized spacial score (nSPS) is 24.7. The summed E-state index contributed by atoms with van der Waals surface area (Å²) in [7, 11) is 0. The molecule has 0 saturated carbocycles. The minimum atomic E-state index is -0.187. The molecule has 0 aromatic heterocycles. The van der Waals surface area contributed by atoms with Gasteiger partial charge in [0.05, 0.1) is 0 Å². The third kappa shape index (κ3) is 4.44. The van der Waals surface area contributed by atoms with Crippen LogP contribution < -0.4 is 0 Å². The van der Waals surface area contributed by atoms with Gasteiger partial charge in [-0.1, -0.05) is 41.6 Å². The van der Waals surface area contributed by atoms with Gasteiger partial charge in [0.25, 0.3) is 0 Å². The molecule has 0 bridgehead atoms. The van der Waals surface area contributed by atoms with Gasteiger partial charge in [-0.05, 0) is 64.8 Å². The lowest BCUT2D eigenvalue weighted by atomic mass is 9.93. The molecule has 0 N–H and O–H groups in total. The number of hydrogen-bond donors (Lipinski definition) is 0. The van der Waals surface area contributed by atoms with Gasteiger partial charge < -0.3 is 9.80 Å². The Labute approximate surface area is 209 Å². The topological polar surface area (TPSA) is 22.1 Å². The van der Waals surface area contributed by atoms with Crippen LogP contribution in [0.4, 0.5) is 4.39 Å². The van der Waals surface area contributed by atoms with E-state index < -0.39 is 0 Å². The summed E-state index contributed by atoms with van der Waals surface area (Å²) in [4.78, 5) is 12.0. The van der Waals surface area contributed by atoms with E-state index in [9.17, 15) is 4.39 Å². The first-order valence-corrected chi connectivity index (χ1v) is 13.3. The second-order valence-corrected chi connectivity index (χ2v) is 10.8. The fourth-order valence-corrected chi connectivity index (χ4v) is 6.54. The smallest absolute Gasteiger partial charge is 0.172 e. The molecule has 0 spiro atoms. The predicted octanol–water partition coefficient (Wildman–Crippen LogP) is 5.84. The Morgan fingerprint density at radius 2 is 1.85 bits per heavy atom. The summed E-state index contributed by atoms with van der Waals surface area (Å²) in [5.41, 5.74) is 5.25. The number of aliphatic imine (C=N–C) groups is 1. The molecule has 2 aromatic carbocycles. The van der Waals surface area contributed by atoms with Gasteiger partial charge in [0.1, 0.15) is 5.82 Å². The maximum Gasteiger partial charge on any atom is 0.172 e. The van der Waals surface area contributed by atoms with Crippen molar-refractivity contribution in [1.29, 1.82) is 0 Å². The highest BCUT2D eigenvalue weighted by atomic mass is 35.5. The molecule has 1 aliphatic carbocycles. The third-order valence-corrected chi connectivity index (χ3v) is 8.55. The lowest BCUT2D eigenvalue weighted by Gasteiger charge is -2.38. The molecule has 3 aliphatic heterocycles. The number of fused-ring (bicyclic) bond motifs is 2. The van der Waals surface area contributed by atoms with Gasteiger partial charge in [0.2, 0.25) is 0 Å². The molecule has 1 saturated heterocycles. The fourth-order valence-electron chi connectivity index (χ4n) is 5.66. The average Bonchev–Trinajstić information content (AvgIpc) is 3.48. The van der Waals surface area contributed by atoms with Gasteiger partial charge in [0, 0.05) is 68.7 Å². The predicted molar refractivity (Wildman–Crippen MR) is 139 cm³/mol. The molecule has 1 fully saturated rings. The fraction of sp³-hybridized carbons (Fsp3) is 0.370. The Hall–Kier alpha value is -2.12. The van der Waals surface area contributed by atoms with Crippen molar-refractivity contribution >= 4 is 28.5 Å². The van der Waals surface area contributed by atoms with E-state index in [1.165, 1.54) is 22.3 Å². The molecule has 3 heterocycles. The van der Waals surface area contributed by atoms with Gasteiger partial charge in [-0.15, -0.1) is 0 Å². The van der Waals surface area contributed by atoms with Crippen LogP contribution in [0.15, 0.2) is 70.8 Å². The summed E-state index contributed by atoms with van der Waals surface area (Å²) < 4.78 is 13.5. The lowest BCUT2D eigenvalue weighted by molar-refractivity contribution is 0.0954. The van der Waals surface area contributed by atoms with E-state index in [1.54, 1.807) is 23.9 Å². The van der Waals surface area contributed by atoms with Crippen molar-refractivity contribution in [3.63, 3.8) is 0 Å². The van der Waals surface area contributed by atoms with Crippen LogP contribution in [-0.4, -0.2) is 59.1 Å². The van der Waals surface area contributed by atoms with Crippen LogP contribution in [0.25, 0.3) is 0 Å². The number of rotatable bonds is 5. The molecule has 2 aromatic rings. The zero-order chi connectivity index (χ0) is 23.1. The number of amidine groups is 1. The SMILES string of the molecule is Fc1ccc([C@H]2C[C@H](N3CCN(CCC4=CN=C5SC=CN5C4)CC3)c3ccc(Cl)cc32)cc1. The molecule has 0 radical (unpaired) electrons. The summed E-state index contributed by atoms with van der Waals surface area (Å²) in [6.45, 7) is 6.36. The highest BCUT2D eigenvalue weighted by Crippen LogP contribution is 2.47. The van der Waals surface area contributed by atoms with Crippen molar-refractivity contribution in [1.82, 2.24) is 14.7 Å². The van der Waals surface area contributed by atoms with E-state index in [2.05, 4.69) is 49.6 Å². The third-order valence-electron chi connectivity index (χ3n) is 7.50. The van der Waals surface area contributed by atoms with Crippen molar-refractivity contribution in [2.45, 2.75) is 24.8 Å². The first-order valence-electron chi connectivity index (χ1n) is 12.0. The zero-order valence-corrected chi connectivity index (χ0v) is 20.6. The number of benzene rings is 2. The highest BCUT2D eigenvalue weighted by Gasteiger charge is 2.36. The van der Waals surface area contributed by atoms with E-state index in [4.69, 9.17) is 11.6 Å². The molecular weight excluding hydrogens is 467 g/mol. The van der Waals surface area contributed by atoms with Crippen LogP contribution >= 0.6 is 23.4 Å². The molecule has 0 unspecified atom stereocenters. The van der Waals surface area contributed by atoms with Gasteiger partial charge in [0.15, 0.2) is 5.17 Å². The van der Waals surface area contributed by atoms with Crippen LogP contribution in [0.5, 0.6) is 0 Å². The standard InChI is InChI=1S/C27H28ClFN4S/c28-21-3-6-23-25(15-21)24(20-1-4-22(29)5-2-20)16-26(23)32-11-9-31(10-12-32)8-7-19-17-30-27-33(18-19)13-14-34-27/h1-6,13-15,17,24,26H,7-12,16,18H2/t24-,26+/m1/s1. The van der Waals surface area contributed by atoms with E-state index in [1.807, 2.05) is 18.2 Å². The summed E-state index contributed by atoms with van der Waals surface area (Å²) in [6.07, 6.45) is 6.29. The highest BCUT2D eigenvalue weighted by molar-refractivity contribution is 8.16. The minimum absolute atomic E-state index is 0.187. The van der Waals surface area contributed by atoms with Crippen LogP contribution in [0.3, 0.4) is 0 Å². The zero-order valence-electron chi connectivity index (χ0n) is 19.0. The summed E-state index contributed by atoms with van der Waals surface area (Å²) in [5.74, 6) is 0.0755. The van der Waals surface area contributed by atoms with Crippen molar-refractivity contribution < 1.29 is 4.39 Å². The molecule has 0 amide bonds. The quantitative estimate of drug-likeness (QED) is 0.521. The Morgan fingerprint density at radius 3 is 2.68 bits per heavy atom. The maximum absolute atomic E-state index is 13.5. The number of piperazine rings is 1. The largest absolute Gasteiger partial charge is 0.323 e. The summed E-state index contributed by atoms with van der Waals surface area (Å²) in [6, 6.07) is 13.7. The molecule has 4 aliphatic rings. The van der Waals surface area contributed by atoms with Crippen molar-refractivity contribution in [2.24, 2.45) is 4.99 Å². The van der Waals surface area contributed by atoms with E-state index in [-0.39, 0.29) is 11.7 Å². The number of halogens is 2. The first kappa shape index (κ1) is 22.4. The van der Waals surface area contributed by atoms with Gasteiger partial charge >= 0.3 is 0 Å². The molecule has 6 rings (SSSR count). The minimum Gasteiger partial charge on any atom is -0.323 e. The van der Waals surface area contributed by atoms with Crippen molar-refractivity contribution in [2.75, 3.05) is 39.3 Å². The van der Waals surface area contributed by atoms with Crippen LogP contribution in [-0.2, 0) is 0 Å². The molecule has 34 heavy (non-hydrogen) atoms. The Bertz CT molecular complexity index is 1150. The van der Waals surface area contributed by atoms with Crippen molar-refractivity contribution in [3.05, 3.63) is 93.4 Å². The molecule has 7 heteroatoms. The summed E-state index contributed by atoms with van der Waals surface area (Å²) in [5, 5.41) is 3.96. The van der Waals surface area contributed by atoms with Crippen LogP contribution in [0.1, 0.15) is 41.5 Å². The van der Waals surface area contributed by atoms with Crippen molar-refractivity contribution in [3.8, 4) is 0 Å². The average molecular weight is 495 g/mol. The summed E-state index contributed by atoms with van der Waals surface area (Å²) >= 11 is 8.07. The molecule has 4 nitrogen and oxygen atoms in total. The Kier molecular flexibility index (Phi) is 6.24. The van der Waals surface area contributed by atoms with Crippen LogP contribution in [0, 0.1) is 5.82 Å². The van der Waals surface area contributed by atoms with Gasteiger partial charge in [-0.25, -0.2) is 9.38 Å². The van der Waals surface area contributed by atoms with Gasteiger partial charge in [-0.2, -0.15) is 0 Å². The van der Waals surface area contributed by atoms with E-state index >= 15 is 0 Å². The molecule has 2 atom stereocenters.